The van der Waals surface area contributed by atoms with Gasteiger partial charge < -0.3 is 18.5 Å². The monoisotopic (exact) mass is 965 g/mol. The van der Waals surface area contributed by atoms with Crippen LogP contribution in [-0.2, 0) is 27.1 Å². The minimum Gasteiger partial charge on any atom is -0.466 e. The number of hydrogen-bond acceptors (Lipinski definition) is 4. The zero-order valence-corrected chi connectivity index (χ0v) is 45.1. The Bertz CT molecular complexity index is 4020. The first-order chi connectivity index (χ1) is 35.2. The molecule has 8 aromatic carbocycles. The fourth-order valence-electron chi connectivity index (χ4n) is 13.7. The van der Waals surface area contributed by atoms with E-state index in [1.807, 2.05) is 0 Å². The Hall–Kier alpha value is -7.24. The molecule has 2 aromatic heterocycles. The fourth-order valence-corrected chi connectivity index (χ4v) is 13.7. The van der Waals surface area contributed by atoms with E-state index in [4.69, 9.17) is 8.83 Å². The van der Waals surface area contributed by atoms with Crippen LogP contribution < -0.4 is 20.8 Å². The van der Waals surface area contributed by atoms with Gasteiger partial charge in [-0.1, -0.05) is 174 Å². The van der Waals surface area contributed by atoms with Crippen molar-refractivity contribution in [2.75, 3.05) is 9.71 Å². The highest BCUT2D eigenvalue weighted by Crippen LogP contribution is 2.60. The minimum absolute atomic E-state index is 0.0102. The Labute approximate surface area is 437 Å². The van der Waals surface area contributed by atoms with Crippen LogP contribution in [0.2, 0.25) is 0 Å². The Kier molecular flexibility index (Phi) is 9.18. The van der Waals surface area contributed by atoms with Crippen molar-refractivity contribution in [3.8, 4) is 33.4 Å². The van der Waals surface area contributed by atoms with Crippen LogP contribution in [0, 0.1) is 0 Å². The highest BCUT2D eigenvalue weighted by Gasteiger charge is 2.53. The number of furan rings is 2. The van der Waals surface area contributed by atoms with Gasteiger partial charge in [-0.3, -0.25) is 0 Å². The summed E-state index contributed by atoms with van der Waals surface area (Å²) in [5.41, 5.74) is 25.8. The zero-order valence-electron chi connectivity index (χ0n) is 45.1. The molecular weight excluding hydrogens is 900 g/mol. The predicted octanol–water partition coefficient (Wildman–Crippen LogP) is 18.0. The van der Waals surface area contributed by atoms with Crippen LogP contribution in [0.1, 0.15) is 129 Å². The summed E-state index contributed by atoms with van der Waals surface area (Å²) in [4.78, 5) is 5.29. The van der Waals surface area contributed by atoms with E-state index in [-0.39, 0.29) is 33.9 Å². The molecule has 0 radical (unpaired) electrons. The lowest BCUT2D eigenvalue weighted by atomic mass is 9.45. The van der Waals surface area contributed by atoms with Crippen LogP contribution in [-0.4, -0.2) is 6.85 Å². The summed E-state index contributed by atoms with van der Waals surface area (Å²) in [7, 11) is 0. The van der Waals surface area contributed by atoms with Gasteiger partial charge in [0.25, 0.3) is 0 Å². The number of anilines is 5. The molecule has 5 heteroatoms. The number of para-hydroxylation sites is 1. The lowest BCUT2D eigenvalue weighted by Gasteiger charge is -2.45. The molecule has 10 aromatic rings. The van der Waals surface area contributed by atoms with E-state index in [1.54, 1.807) is 0 Å². The summed E-state index contributed by atoms with van der Waals surface area (Å²) in [5.74, 6) is 0. The maximum atomic E-state index is 7.89. The van der Waals surface area contributed by atoms with Crippen LogP contribution in [0.4, 0.5) is 28.4 Å². The van der Waals surface area contributed by atoms with Crippen molar-refractivity contribution in [1.29, 1.82) is 0 Å². The average molecular weight is 965 g/mol. The first kappa shape index (κ1) is 45.4. The molecule has 0 amide bonds. The highest BCUT2D eigenvalue weighted by molar-refractivity contribution is 6.93. The van der Waals surface area contributed by atoms with Gasteiger partial charge in [0.2, 0.25) is 0 Å². The summed E-state index contributed by atoms with van der Waals surface area (Å²) in [6, 6.07) is 57.7. The molecule has 0 N–H and O–H groups in total. The van der Waals surface area contributed by atoms with E-state index in [0.717, 1.165) is 74.2 Å². The molecule has 0 saturated heterocycles. The second kappa shape index (κ2) is 15.0. The zero-order chi connectivity index (χ0) is 51.2. The molecule has 14 rings (SSSR count). The van der Waals surface area contributed by atoms with Gasteiger partial charge in [0, 0.05) is 44.4 Å². The van der Waals surface area contributed by atoms with Crippen molar-refractivity contribution in [1.82, 2.24) is 0 Å². The quantitative estimate of drug-likeness (QED) is 0.165. The van der Waals surface area contributed by atoms with Crippen molar-refractivity contribution < 1.29 is 8.83 Å². The van der Waals surface area contributed by atoms with Gasteiger partial charge in [0.1, 0.15) is 22.4 Å². The Morgan fingerprint density at radius 2 is 1.14 bits per heavy atom. The largest absolute Gasteiger partial charge is 0.466 e. The molecule has 0 saturated carbocycles. The molecule has 0 bridgehead atoms. The van der Waals surface area contributed by atoms with Crippen LogP contribution in [0.25, 0.3) is 66.3 Å². The first-order valence-corrected chi connectivity index (χ1v) is 27.0. The summed E-state index contributed by atoms with van der Waals surface area (Å²) in [5, 5.41) is 3.38. The van der Waals surface area contributed by atoms with Crippen LogP contribution in [0.15, 0.2) is 160 Å². The van der Waals surface area contributed by atoms with E-state index in [2.05, 4.69) is 244 Å². The Morgan fingerprint density at radius 3 is 1.86 bits per heavy atom. The molecule has 0 fully saturated rings. The smallest absolute Gasteiger partial charge is 0.375 e. The molecule has 0 unspecified atom stereocenters. The van der Waals surface area contributed by atoms with Gasteiger partial charge in [-0.15, -0.1) is 0 Å². The number of nitrogens with zero attached hydrogens (tertiary/aromatic N) is 2. The maximum absolute atomic E-state index is 7.89. The maximum Gasteiger partial charge on any atom is 0.375 e. The normalized spacial score (nSPS) is 16.8. The minimum atomic E-state index is -0.362. The molecule has 0 atom stereocenters. The van der Waals surface area contributed by atoms with Crippen LogP contribution in [0.3, 0.4) is 0 Å². The van der Waals surface area contributed by atoms with Crippen LogP contribution in [0.5, 0.6) is 0 Å². The van der Waals surface area contributed by atoms with Crippen molar-refractivity contribution in [3.05, 3.63) is 185 Å². The molecule has 4 aliphatic rings. The van der Waals surface area contributed by atoms with Crippen molar-refractivity contribution >= 4 is 79.3 Å². The highest BCUT2D eigenvalue weighted by atomic mass is 16.3. The van der Waals surface area contributed by atoms with Gasteiger partial charge in [0.05, 0.1) is 16.8 Å². The third-order valence-corrected chi connectivity index (χ3v) is 18.0. The second-order valence-electron chi connectivity index (χ2n) is 25.9. The first-order valence-electron chi connectivity index (χ1n) is 27.0. The summed E-state index contributed by atoms with van der Waals surface area (Å²) >= 11 is 0. The third kappa shape index (κ3) is 6.22. The van der Waals surface area contributed by atoms with E-state index < -0.39 is 0 Å². The fraction of sp³-hybridized carbons (Fsp3) is 0.275. The molecule has 366 valence electrons. The lowest BCUT2D eigenvalue weighted by molar-refractivity contribution is 0.332. The van der Waals surface area contributed by atoms with Gasteiger partial charge in [-0.2, -0.15) is 0 Å². The van der Waals surface area contributed by atoms with E-state index in [9.17, 15) is 0 Å². The predicted molar refractivity (Wildman–Crippen MR) is 313 cm³/mol. The molecule has 74 heavy (non-hydrogen) atoms. The third-order valence-electron chi connectivity index (χ3n) is 18.0. The van der Waals surface area contributed by atoms with Crippen LogP contribution >= 0.6 is 0 Å². The summed E-state index contributed by atoms with van der Waals surface area (Å²) < 4.78 is 14.8. The van der Waals surface area contributed by atoms with Gasteiger partial charge in [-0.25, -0.2) is 0 Å². The Morgan fingerprint density at radius 1 is 0.473 bits per heavy atom. The molecule has 4 nitrogen and oxygen atoms in total. The molecule has 4 heterocycles. The van der Waals surface area contributed by atoms with Gasteiger partial charge in [0.15, 0.2) is 0 Å². The standard InChI is InChI=1S/C69H65BN2O2/c1-65(2,3)41-26-29-43(30-27-41)72-62-46(31-33-56-59(62)45-23-17-19-25-55(45)73-56)60-58-44-22-16-18-24-49(44)69(11,12)52(58)38-54-61(60)70(72)64-63(48-37-50-51(39-57(48)74-64)68(9,10)35-34-67(50,7)8)71(54)53-32-28-42(66(4,5)6)36-47(53)40-20-14-13-15-21-40/h13-33,36-39H,34-35H2,1-12H3. The molecule has 2 aliphatic carbocycles. The van der Waals surface area contributed by atoms with Gasteiger partial charge >= 0.3 is 6.85 Å². The average Bonchev–Trinajstić information content (AvgIpc) is 4.08. The van der Waals surface area contributed by atoms with Crippen molar-refractivity contribution in [2.45, 2.75) is 123 Å². The molecule has 0 spiro atoms. The summed E-state index contributed by atoms with van der Waals surface area (Å²) in [6.07, 6.45) is 2.24. The number of fused-ring (bicyclic) bond motifs is 15. The Balaban J connectivity index is 1.21. The summed E-state index contributed by atoms with van der Waals surface area (Å²) in [6.45, 7) is 28.1. The van der Waals surface area contributed by atoms with Gasteiger partial charge in [-0.05, 0) is 156 Å². The molecule has 2 aliphatic heterocycles. The topological polar surface area (TPSA) is 32.8 Å². The second-order valence-corrected chi connectivity index (χ2v) is 25.9. The number of hydrogen-bond donors (Lipinski definition) is 0. The van der Waals surface area contributed by atoms with E-state index >= 15 is 0 Å². The SMILES string of the molecule is CC(C)(C)c1ccc(N2B3c4oc5cc6c(cc5c4N(c4ccc(C(C)(C)C)cc4-c4ccccc4)c4cc5c(c(c43)-c3ccc4oc7ccccc7c4c32)-c2ccccc2C5(C)C)C(C)(C)CCC6(C)C)cc1. The van der Waals surface area contributed by atoms with Crippen molar-refractivity contribution in [3.63, 3.8) is 0 Å². The lowest BCUT2D eigenvalue weighted by Crippen LogP contribution is -2.61. The van der Waals surface area contributed by atoms with Crippen molar-refractivity contribution in [2.24, 2.45) is 0 Å². The van der Waals surface area contributed by atoms with E-state index in [0.29, 0.717) is 0 Å². The van der Waals surface area contributed by atoms with E-state index in [1.165, 1.54) is 77.9 Å². The molecular formula is C69H65BN2O2. The number of benzene rings is 8. The number of rotatable bonds is 3.